The highest BCUT2D eigenvalue weighted by atomic mass is 19.1. The molecule has 0 aliphatic heterocycles. The molecule has 0 bridgehead atoms. The van der Waals surface area contributed by atoms with Gasteiger partial charge < -0.3 is 19.7 Å². The quantitative estimate of drug-likeness (QED) is 0.515. The van der Waals surface area contributed by atoms with Crippen LogP contribution in [0.2, 0.25) is 0 Å². The molecule has 1 heterocycles. The zero-order chi connectivity index (χ0) is 22.8. The maximum atomic E-state index is 13.4. The summed E-state index contributed by atoms with van der Waals surface area (Å²) in [4.78, 5) is 12.4. The summed E-state index contributed by atoms with van der Waals surface area (Å²) >= 11 is 0. The number of nitrogens with one attached hydrogen (secondary N) is 1. The van der Waals surface area contributed by atoms with Crippen molar-refractivity contribution in [3.05, 3.63) is 65.1 Å². The van der Waals surface area contributed by atoms with Gasteiger partial charge in [0.1, 0.15) is 17.3 Å². The third kappa shape index (κ3) is 4.37. The molecular weight excluding hydrogens is 407 g/mol. The number of benzene rings is 2. The van der Waals surface area contributed by atoms with Gasteiger partial charge >= 0.3 is 5.97 Å². The number of fused-ring (bicyclic) bond motifs is 1. The molecule has 0 amide bonds. The van der Waals surface area contributed by atoms with Crippen LogP contribution in [-0.2, 0) is 13.1 Å². The molecule has 1 fully saturated rings. The summed E-state index contributed by atoms with van der Waals surface area (Å²) in [6.07, 6.45) is 3.55. The second-order valence-corrected chi connectivity index (χ2v) is 8.98. The van der Waals surface area contributed by atoms with Crippen molar-refractivity contribution in [3.8, 4) is 5.75 Å². The summed E-state index contributed by atoms with van der Waals surface area (Å²) in [6.45, 7) is 5.40. The Labute approximate surface area is 188 Å². The molecule has 2 aromatic carbocycles. The smallest absolute Gasteiger partial charge is 0.352 e. The SMILES string of the molecule is COc1ccc2c(CN[C@@H]3CCC[C@@H](C)[C@@H]3C)c(C(=O)O)n(Cc3ccc(F)cc3)c2c1. The minimum absolute atomic E-state index is 0.265. The highest BCUT2D eigenvalue weighted by Gasteiger charge is 2.28. The number of hydrogen-bond acceptors (Lipinski definition) is 3. The fraction of sp³-hybridized carbons (Fsp3) is 0.423. The first-order valence-electron chi connectivity index (χ1n) is 11.3. The van der Waals surface area contributed by atoms with E-state index in [1.807, 2.05) is 18.2 Å². The van der Waals surface area contributed by atoms with Crippen molar-refractivity contribution in [2.75, 3.05) is 7.11 Å². The summed E-state index contributed by atoms with van der Waals surface area (Å²) in [5.74, 6) is 0.589. The van der Waals surface area contributed by atoms with Gasteiger partial charge in [-0.05, 0) is 48.1 Å². The average molecular weight is 439 g/mol. The van der Waals surface area contributed by atoms with Crippen LogP contribution in [0.25, 0.3) is 10.9 Å². The Kier molecular flexibility index (Phi) is 6.51. The normalized spacial score (nSPS) is 21.1. The molecule has 1 aromatic heterocycles. The minimum Gasteiger partial charge on any atom is -0.497 e. The van der Waals surface area contributed by atoms with E-state index in [2.05, 4.69) is 19.2 Å². The van der Waals surface area contributed by atoms with Crippen LogP contribution < -0.4 is 10.1 Å². The Morgan fingerprint density at radius 1 is 1.19 bits per heavy atom. The lowest BCUT2D eigenvalue weighted by molar-refractivity contribution is 0.0684. The van der Waals surface area contributed by atoms with Gasteiger partial charge in [0.05, 0.1) is 12.6 Å². The number of rotatable bonds is 7. The molecule has 32 heavy (non-hydrogen) atoms. The lowest BCUT2D eigenvalue weighted by Gasteiger charge is -2.34. The zero-order valence-electron chi connectivity index (χ0n) is 18.9. The molecule has 0 saturated heterocycles. The molecule has 0 unspecified atom stereocenters. The van der Waals surface area contributed by atoms with E-state index in [9.17, 15) is 14.3 Å². The summed E-state index contributed by atoms with van der Waals surface area (Å²) < 4.78 is 20.6. The van der Waals surface area contributed by atoms with E-state index in [-0.39, 0.29) is 11.5 Å². The van der Waals surface area contributed by atoms with E-state index in [1.165, 1.54) is 25.0 Å². The predicted octanol–water partition coefficient (Wildman–Crippen LogP) is 5.45. The number of aromatic carboxylic acids is 1. The van der Waals surface area contributed by atoms with E-state index < -0.39 is 5.97 Å². The summed E-state index contributed by atoms with van der Waals surface area (Å²) in [5, 5.41) is 14.7. The number of carboxylic acid groups (broad SMARTS) is 1. The second-order valence-electron chi connectivity index (χ2n) is 8.98. The molecule has 5 nitrogen and oxygen atoms in total. The van der Waals surface area contributed by atoms with Gasteiger partial charge in [-0.3, -0.25) is 0 Å². The average Bonchev–Trinajstić information content (AvgIpc) is 3.09. The molecule has 1 aliphatic rings. The predicted molar refractivity (Wildman–Crippen MR) is 124 cm³/mol. The molecule has 3 aromatic rings. The van der Waals surface area contributed by atoms with Crippen LogP contribution in [0.15, 0.2) is 42.5 Å². The lowest BCUT2D eigenvalue weighted by atomic mass is 9.78. The molecule has 0 radical (unpaired) electrons. The molecule has 2 N–H and O–H groups in total. The summed E-state index contributed by atoms with van der Waals surface area (Å²) in [7, 11) is 1.60. The van der Waals surface area contributed by atoms with Gasteiger partial charge in [0, 0.05) is 36.1 Å². The Balaban J connectivity index is 1.76. The first-order chi connectivity index (χ1) is 15.4. The van der Waals surface area contributed by atoms with Crippen molar-refractivity contribution in [2.45, 2.75) is 52.2 Å². The number of nitrogens with zero attached hydrogens (tertiary/aromatic N) is 1. The zero-order valence-corrected chi connectivity index (χ0v) is 18.9. The molecule has 6 heteroatoms. The van der Waals surface area contributed by atoms with Crippen LogP contribution in [0.3, 0.4) is 0 Å². The highest BCUT2D eigenvalue weighted by molar-refractivity contribution is 5.98. The fourth-order valence-corrected chi connectivity index (χ4v) is 4.99. The number of carbonyl (C=O) groups is 1. The number of halogens is 1. The van der Waals surface area contributed by atoms with E-state index in [0.29, 0.717) is 36.7 Å². The molecule has 1 saturated carbocycles. The van der Waals surface area contributed by atoms with Gasteiger partial charge in [-0.25, -0.2) is 9.18 Å². The van der Waals surface area contributed by atoms with E-state index in [4.69, 9.17) is 4.74 Å². The van der Waals surface area contributed by atoms with Gasteiger partial charge in [0.15, 0.2) is 0 Å². The van der Waals surface area contributed by atoms with Crippen LogP contribution in [0.1, 0.15) is 54.7 Å². The first-order valence-corrected chi connectivity index (χ1v) is 11.3. The summed E-state index contributed by atoms with van der Waals surface area (Å²) in [5.41, 5.74) is 2.68. The highest BCUT2D eigenvalue weighted by Crippen LogP contribution is 2.33. The van der Waals surface area contributed by atoms with Gasteiger partial charge in [-0.2, -0.15) is 0 Å². The minimum atomic E-state index is -0.968. The van der Waals surface area contributed by atoms with Crippen molar-refractivity contribution in [1.82, 2.24) is 9.88 Å². The maximum Gasteiger partial charge on any atom is 0.352 e. The fourth-order valence-electron chi connectivity index (χ4n) is 4.99. The van der Waals surface area contributed by atoms with E-state index >= 15 is 0 Å². The Morgan fingerprint density at radius 3 is 2.62 bits per heavy atom. The van der Waals surface area contributed by atoms with Crippen LogP contribution in [-0.4, -0.2) is 28.8 Å². The van der Waals surface area contributed by atoms with Gasteiger partial charge in [0.2, 0.25) is 0 Å². The number of ether oxygens (including phenoxy) is 1. The largest absolute Gasteiger partial charge is 0.497 e. The maximum absolute atomic E-state index is 13.4. The monoisotopic (exact) mass is 438 g/mol. The van der Waals surface area contributed by atoms with Crippen LogP contribution in [0.5, 0.6) is 5.75 Å². The molecular formula is C26H31FN2O3. The van der Waals surface area contributed by atoms with Crippen molar-refractivity contribution in [2.24, 2.45) is 11.8 Å². The Morgan fingerprint density at radius 2 is 1.94 bits per heavy atom. The van der Waals surface area contributed by atoms with Crippen molar-refractivity contribution in [1.29, 1.82) is 0 Å². The lowest BCUT2D eigenvalue weighted by Crippen LogP contribution is -2.40. The molecule has 170 valence electrons. The number of hydrogen-bond donors (Lipinski definition) is 2. The third-order valence-electron chi connectivity index (χ3n) is 7.08. The van der Waals surface area contributed by atoms with Gasteiger partial charge in [-0.15, -0.1) is 0 Å². The molecule has 1 aliphatic carbocycles. The van der Waals surface area contributed by atoms with Gasteiger partial charge in [-0.1, -0.05) is 38.8 Å². The van der Waals surface area contributed by atoms with E-state index in [0.717, 1.165) is 28.5 Å². The number of carboxylic acids is 1. The second kappa shape index (κ2) is 9.33. The third-order valence-corrected chi connectivity index (χ3v) is 7.08. The Bertz CT molecular complexity index is 1110. The standard InChI is InChI=1S/C26H31FN2O3/c1-16-5-4-6-23(17(16)2)28-14-22-21-12-11-20(32-3)13-24(21)29(25(22)26(30)31)15-18-7-9-19(27)10-8-18/h7-13,16-17,23,28H,4-6,14-15H2,1-3H3,(H,30,31)/t16-,17+,23-/m1/s1. The van der Waals surface area contributed by atoms with Crippen LogP contribution in [0, 0.1) is 17.7 Å². The topological polar surface area (TPSA) is 63.5 Å². The summed E-state index contributed by atoms with van der Waals surface area (Å²) in [6, 6.07) is 12.2. The first kappa shape index (κ1) is 22.3. The van der Waals surface area contributed by atoms with Crippen molar-refractivity contribution >= 4 is 16.9 Å². The number of methoxy groups -OCH3 is 1. The number of aromatic nitrogens is 1. The molecule has 3 atom stereocenters. The van der Waals surface area contributed by atoms with E-state index in [1.54, 1.807) is 23.8 Å². The van der Waals surface area contributed by atoms with Gasteiger partial charge in [0.25, 0.3) is 0 Å². The van der Waals surface area contributed by atoms with Crippen LogP contribution in [0.4, 0.5) is 4.39 Å². The van der Waals surface area contributed by atoms with Crippen molar-refractivity contribution in [3.63, 3.8) is 0 Å². The van der Waals surface area contributed by atoms with Crippen molar-refractivity contribution < 1.29 is 19.0 Å². The Hall–Kier alpha value is -2.86. The van der Waals surface area contributed by atoms with Crippen LogP contribution >= 0.6 is 0 Å². The molecule has 0 spiro atoms. The molecule has 4 rings (SSSR count).